The van der Waals surface area contributed by atoms with Crippen molar-refractivity contribution in [3.8, 4) is 0 Å². The number of carbonyl (C=O) groups excluding carboxylic acids is 1. The second kappa shape index (κ2) is 9.29. The largest absolute Gasteiger partial charge is 0.350 e. The molecule has 0 spiro atoms. The van der Waals surface area contributed by atoms with E-state index < -0.39 is 6.03 Å². The third kappa shape index (κ3) is 4.54. The first-order valence-electron chi connectivity index (χ1n) is 9.54. The second-order valence-corrected chi connectivity index (χ2v) is 7.80. The summed E-state index contributed by atoms with van der Waals surface area (Å²) in [5, 5.41) is 9.95. The molecule has 0 unspecified atom stereocenters. The van der Waals surface area contributed by atoms with Gasteiger partial charge in [-0.1, -0.05) is 36.4 Å². The maximum Gasteiger partial charge on any atom is 0.338 e. The number of rotatable bonds is 7. The van der Waals surface area contributed by atoms with Crippen LogP contribution in [-0.2, 0) is 0 Å². The molecule has 0 aliphatic heterocycles. The number of amides is 2. The van der Waals surface area contributed by atoms with Crippen LogP contribution in [0.15, 0.2) is 54.1 Å². The van der Waals surface area contributed by atoms with E-state index >= 15 is 0 Å². The highest BCUT2D eigenvalue weighted by molar-refractivity contribution is 8.08. The van der Waals surface area contributed by atoms with Crippen molar-refractivity contribution < 1.29 is 14.4 Å². The number of nitrogens with two attached hydrogens (primary N) is 1. The minimum absolute atomic E-state index is 0.181. The van der Waals surface area contributed by atoms with Crippen LogP contribution in [0.25, 0.3) is 16.1 Å². The maximum absolute atomic E-state index is 14.0. The molecule has 4 nitrogen and oxygen atoms in total. The zero-order valence-electron chi connectivity index (χ0n) is 16.6. The SMILES string of the molecule is CSC(=C1C(C)=C(CCCCN(O)C(N)=O)c2cc(F)ccc21)c1ccccc1. The summed E-state index contributed by atoms with van der Waals surface area (Å²) in [6, 6.07) is 14.3. The number of hydroxylamine groups is 2. The van der Waals surface area contributed by atoms with Crippen LogP contribution in [0.4, 0.5) is 9.18 Å². The lowest BCUT2D eigenvalue weighted by atomic mass is 10.00. The summed E-state index contributed by atoms with van der Waals surface area (Å²) < 4.78 is 14.0. The van der Waals surface area contributed by atoms with Crippen molar-refractivity contribution in [1.82, 2.24) is 5.06 Å². The number of primary amides is 1. The molecule has 152 valence electrons. The lowest BCUT2D eigenvalue weighted by Gasteiger charge is -2.12. The molecule has 2 aromatic carbocycles. The Labute approximate surface area is 174 Å². The van der Waals surface area contributed by atoms with Gasteiger partial charge < -0.3 is 5.73 Å². The molecular weight excluding hydrogens is 387 g/mol. The Morgan fingerprint density at radius 3 is 2.52 bits per heavy atom. The molecule has 0 saturated carbocycles. The van der Waals surface area contributed by atoms with Gasteiger partial charge in [-0.2, -0.15) is 0 Å². The number of benzene rings is 2. The van der Waals surface area contributed by atoms with Gasteiger partial charge in [0.1, 0.15) is 5.82 Å². The molecule has 3 N–H and O–H groups in total. The predicted octanol–water partition coefficient (Wildman–Crippen LogP) is 5.78. The number of halogens is 1. The van der Waals surface area contributed by atoms with Crippen LogP contribution >= 0.6 is 11.8 Å². The van der Waals surface area contributed by atoms with Crippen LogP contribution in [0.5, 0.6) is 0 Å². The van der Waals surface area contributed by atoms with Crippen LogP contribution in [0.3, 0.4) is 0 Å². The first-order valence-corrected chi connectivity index (χ1v) is 10.8. The van der Waals surface area contributed by atoms with Crippen LogP contribution in [0, 0.1) is 5.82 Å². The summed E-state index contributed by atoms with van der Waals surface area (Å²) in [5.41, 5.74) is 11.6. The molecule has 0 bridgehead atoms. The van der Waals surface area contributed by atoms with Crippen molar-refractivity contribution in [1.29, 1.82) is 0 Å². The van der Waals surface area contributed by atoms with Gasteiger partial charge in [0.05, 0.1) is 6.54 Å². The van der Waals surface area contributed by atoms with Crippen molar-refractivity contribution in [2.45, 2.75) is 26.2 Å². The number of nitrogens with zero attached hydrogens (tertiary/aromatic N) is 1. The number of hydrogen-bond acceptors (Lipinski definition) is 3. The Morgan fingerprint density at radius 2 is 1.86 bits per heavy atom. The van der Waals surface area contributed by atoms with Crippen molar-refractivity contribution in [3.63, 3.8) is 0 Å². The highest BCUT2D eigenvalue weighted by Crippen LogP contribution is 2.49. The fourth-order valence-electron chi connectivity index (χ4n) is 3.78. The maximum atomic E-state index is 14.0. The van der Waals surface area contributed by atoms with Gasteiger partial charge in [0, 0.05) is 4.91 Å². The van der Waals surface area contributed by atoms with Crippen molar-refractivity contribution in [3.05, 3.63) is 76.6 Å². The van der Waals surface area contributed by atoms with Gasteiger partial charge in [-0.05, 0) is 78.0 Å². The molecule has 2 amide bonds. The monoisotopic (exact) mass is 412 g/mol. The fraction of sp³-hybridized carbons (Fsp3) is 0.261. The van der Waals surface area contributed by atoms with Gasteiger partial charge in [0.2, 0.25) is 0 Å². The number of hydrogen-bond donors (Lipinski definition) is 2. The average molecular weight is 413 g/mol. The molecule has 29 heavy (non-hydrogen) atoms. The summed E-state index contributed by atoms with van der Waals surface area (Å²) in [6.45, 7) is 2.27. The zero-order valence-corrected chi connectivity index (χ0v) is 17.4. The number of unbranched alkanes of at least 4 members (excludes halogenated alkanes) is 1. The summed E-state index contributed by atoms with van der Waals surface area (Å²) in [5.74, 6) is -0.254. The summed E-state index contributed by atoms with van der Waals surface area (Å²) >= 11 is 1.69. The first-order chi connectivity index (χ1) is 13.9. The van der Waals surface area contributed by atoms with Gasteiger partial charge in [0.15, 0.2) is 0 Å². The van der Waals surface area contributed by atoms with Gasteiger partial charge in [-0.3, -0.25) is 5.21 Å². The quantitative estimate of drug-likeness (QED) is 0.344. The van der Waals surface area contributed by atoms with Gasteiger partial charge in [0.25, 0.3) is 0 Å². The molecule has 3 rings (SSSR count). The first kappa shape index (κ1) is 21.1. The summed E-state index contributed by atoms with van der Waals surface area (Å²) in [6.07, 6.45) is 4.15. The van der Waals surface area contributed by atoms with Gasteiger partial charge >= 0.3 is 6.03 Å². The van der Waals surface area contributed by atoms with E-state index in [1.54, 1.807) is 17.8 Å². The van der Waals surface area contributed by atoms with E-state index in [4.69, 9.17) is 5.73 Å². The summed E-state index contributed by atoms with van der Waals surface area (Å²) in [4.78, 5) is 12.1. The van der Waals surface area contributed by atoms with Crippen LogP contribution < -0.4 is 5.73 Å². The van der Waals surface area contributed by atoms with Gasteiger partial charge in [-0.15, -0.1) is 11.8 Å². The van der Waals surface area contributed by atoms with E-state index in [2.05, 4.69) is 25.3 Å². The molecule has 0 radical (unpaired) electrons. The van der Waals surface area contributed by atoms with Crippen LogP contribution in [0.1, 0.15) is 42.9 Å². The molecule has 6 heteroatoms. The predicted molar refractivity (Wildman–Crippen MR) is 118 cm³/mol. The average Bonchev–Trinajstić information content (AvgIpc) is 2.97. The summed E-state index contributed by atoms with van der Waals surface area (Å²) in [7, 11) is 0. The minimum atomic E-state index is -0.855. The van der Waals surface area contributed by atoms with Crippen LogP contribution in [-0.4, -0.2) is 29.1 Å². The van der Waals surface area contributed by atoms with E-state index in [1.807, 2.05) is 24.3 Å². The Morgan fingerprint density at radius 1 is 1.14 bits per heavy atom. The second-order valence-electron chi connectivity index (χ2n) is 6.99. The molecule has 0 heterocycles. The smallest absolute Gasteiger partial charge is 0.338 e. The topological polar surface area (TPSA) is 66.6 Å². The van der Waals surface area contributed by atoms with E-state index in [0.29, 0.717) is 11.5 Å². The number of fused-ring (bicyclic) bond motifs is 1. The number of allylic oxidation sites excluding steroid dienone is 3. The molecule has 0 atom stereocenters. The normalized spacial score (nSPS) is 14.8. The minimum Gasteiger partial charge on any atom is -0.350 e. The molecular formula is C23H25FN2O2S. The highest BCUT2D eigenvalue weighted by atomic mass is 32.2. The lowest BCUT2D eigenvalue weighted by Crippen LogP contribution is -2.33. The number of thioether (sulfide) groups is 1. The third-order valence-electron chi connectivity index (χ3n) is 5.17. The zero-order chi connectivity index (χ0) is 21.0. The number of urea groups is 1. The van der Waals surface area contributed by atoms with E-state index in [-0.39, 0.29) is 12.4 Å². The Hall–Kier alpha value is -2.57. The van der Waals surface area contributed by atoms with Crippen LogP contribution in [0.2, 0.25) is 0 Å². The van der Waals surface area contributed by atoms with E-state index in [9.17, 15) is 14.4 Å². The molecule has 0 aromatic heterocycles. The number of carbonyl (C=O) groups is 1. The molecule has 0 saturated heterocycles. The molecule has 1 aliphatic rings. The highest BCUT2D eigenvalue weighted by Gasteiger charge is 2.27. The Bertz CT molecular complexity index is 970. The molecule has 1 aliphatic carbocycles. The standard InChI is InChI=1S/C23H25FN2O2S/c1-15-18(10-6-7-13-26(28)23(25)27)20-14-17(24)11-12-19(20)21(15)22(29-2)16-8-4-3-5-9-16/h3-5,8-9,11-12,14,28H,6-7,10,13H2,1-2H3,(H2,25,27). The lowest BCUT2D eigenvalue weighted by molar-refractivity contribution is -0.0401. The van der Waals surface area contributed by atoms with Crippen molar-refractivity contribution in [2.24, 2.45) is 5.73 Å². The fourth-order valence-corrected chi connectivity index (χ4v) is 4.62. The molecule has 2 aromatic rings. The van der Waals surface area contributed by atoms with Gasteiger partial charge in [-0.25, -0.2) is 14.2 Å². The van der Waals surface area contributed by atoms with Crippen molar-refractivity contribution in [2.75, 3.05) is 12.8 Å². The van der Waals surface area contributed by atoms with E-state index in [0.717, 1.165) is 46.3 Å². The Kier molecular flexibility index (Phi) is 6.77. The third-order valence-corrected chi connectivity index (χ3v) is 6.02. The van der Waals surface area contributed by atoms with Crippen molar-refractivity contribution >= 4 is 33.8 Å². The Balaban J connectivity index is 1.96. The van der Waals surface area contributed by atoms with E-state index in [1.165, 1.54) is 11.0 Å². The molecule has 0 fully saturated rings.